The molecule has 0 saturated heterocycles. The van der Waals surface area contributed by atoms with Crippen LogP contribution in [0.4, 0.5) is 5.82 Å². The lowest BCUT2D eigenvalue weighted by Gasteiger charge is -2.11. The Bertz CT molecular complexity index is 654. The lowest BCUT2D eigenvalue weighted by Crippen LogP contribution is -2.30. The summed E-state index contributed by atoms with van der Waals surface area (Å²) < 4.78 is 0.841. The van der Waals surface area contributed by atoms with Crippen LogP contribution in [0.1, 0.15) is 5.69 Å². The van der Waals surface area contributed by atoms with Crippen LogP contribution in [0.5, 0.6) is 0 Å². The van der Waals surface area contributed by atoms with E-state index in [-0.39, 0.29) is 0 Å². The third-order valence-electron chi connectivity index (χ3n) is 2.55. The van der Waals surface area contributed by atoms with Gasteiger partial charge in [-0.3, -0.25) is 4.98 Å². The Kier molecular flexibility index (Phi) is 6.17. The average Bonchev–Trinajstić information content (AvgIpc) is 2.46. The highest BCUT2D eigenvalue weighted by Crippen LogP contribution is 2.23. The van der Waals surface area contributed by atoms with Gasteiger partial charge in [-0.15, -0.1) is 0 Å². The Labute approximate surface area is 146 Å². The molecule has 0 bridgehead atoms. The number of thiocarbonyl (C=S) groups is 1. The molecule has 0 radical (unpaired) electrons. The molecule has 0 aliphatic rings. The van der Waals surface area contributed by atoms with Crippen molar-refractivity contribution >= 4 is 62.3 Å². The van der Waals surface area contributed by atoms with Crippen molar-refractivity contribution in [2.24, 2.45) is 0 Å². The molecule has 0 unspecified atom stereocenters. The van der Waals surface area contributed by atoms with Crippen molar-refractivity contribution in [3.05, 3.63) is 50.8 Å². The minimum absolute atomic E-state index is 0.479. The van der Waals surface area contributed by atoms with Crippen LogP contribution in [0.3, 0.4) is 0 Å². The number of nitrogens with one attached hydrogen (secondary N) is 2. The number of halogens is 3. The third-order valence-corrected chi connectivity index (χ3v) is 4.27. The lowest BCUT2D eigenvalue weighted by atomic mass is 10.2. The largest absolute Gasteiger partial charge is 0.362 e. The van der Waals surface area contributed by atoms with Crippen LogP contribution < -0.4 is 10.6 Å². The Morgan fingerprint density at radius 2 is 2.05 bits per heavy atom. The number of anilines is 1. The number of hydrogen-bond donors (Lipinski definition) is 2. The molecule has 4 nitrogen and oxygen atoms in total. The average molecular weight is 406 g/mol. The first-order valence-electron chi connectivity index (χ1n) is 6.02. The normalized spacial score (nSPS) is 10.2. The number of rotatable bonds is 4. The number of nitrogens with zero attached hydrogens (tertiary/aromatic N) is 2. The van der Waals surface area contributed by atoms with Crippen LogP contribution >= 0.6 is 51.3 Å². The summed E-state index contributed by atoms with van der Waals surface area (Å²) >= 11 is 20.6. The monoisotopic (exact) mass is 404 g/mol. The minimum Gasteiger partial charge on any atom is -0.362 e. The highest BCUT2D eigenvalue weighted by Gasteiger charge is 2.06. The summed E-state index contributed by atoms with van der Waals surface area (Å²) in [5, 5.41) is 7.53. The maximum absolute atomic E-state index is 6.07. The fraction of sp³-hybridized carbons (Fsp3) is 0.154. The fourth-order valence-electron chi connectivity index (χ4n) is 1.56. The van der Waals surface area contributed by atoms with Crippen LogP contribution in [0.15, 0.2) is 35.1 Å². The Balaban J connectivity index is 1.85. The SMILES string of the molecule is S=C(NCCc1nccc(Cl)c1Cl)Nc1ncccc1Br. The van der Waals surface area contributed by atoms with Crippen molar-refractivity contribution in [3.8, 4) is 0 Å². The quantitative estimate of drug-likeness (QED) is 0.750. The zero-order chi connectivity index (χ0) is 15.2. The van der Waals surface area contributed by atoms with Gasteiger partial charge < -0.3 is 10.6 Å². The van der Waals surface area contributed by atoms with Gasteiger partial charge in [-0.2, -0.15) is 0 Å². The lowest BCUT2D eigenvalue weighted by molar-refractivity contribution is 0.847. The molecule has 21 heavy (non-hydrogen) atoms. The van der Waals surface area contributed by atoms with E-state index in [0.717, 1.165) is 10.2 Å². The van der Waals surface area contributed by atoms with Gasteiger partial charge in [0.05, 0.1) is 20.2 Å². The fourth-order valence-corrected chi connectivity index (χ4v) is 2.48. The van der Waals surface area contributed by atoms with Crippen LogP contribution in [-0.2, 0) is 6.42 Å². The molecule has 2 heterocycles. The first kappa shape index (κ1) is 16.4. The number of pyridine rings is 2. The van der Waals surface area contributed by atoms with E-state index in [1.165, 1.54) is 0 Å². The molecule has 2 rings (SSSR count). The van der Waals surface area contributed by atoms with Crippen molar-refractivity contribution in [1.29, 1.82) is 0 Å². The summed E-state index contributed by atoms with van der Waals surface area (Å²) in [7, 11) is 0. The first-order chi connectivity index (χ1) is 10.1. The summed E-state index contributed by atoms with van der Waals surface area (Å²) in [6, 6.07) is 5.37. The van der Waals surface area contributed by atoms with Crippen molar-refractivity contribution < 1.29 is 0 Å². The molecule has 0 amide bonds. The Morgan fingerprint density at radius 1 is 1.24 bits per heavy atom. The van der Waals surface area contributed by atoms with Crippen LogP contribution in [0.25, 0.3) is 0 Å². The summed E-state index contributed by atoms with van der Waals surface area (Å²) in [5.41, 5.74) is 0.735. The van der Waals surface area contributed by atoms with Gasteiger partial charge in [0, 0.05) is 25.4 Å². The zero-order valence-electron chi connectivity index (χ0n) is 10.7. The van der Waals surface area contributed by atoms with Gasteiger partial charge in [0.15, 0.2) is 5.11 Å². The minimum atomic E-state index is 0.479. The van der Waals surface area contributed by atoms with E-state index in [0.29, 0.717) is 33.9 Å². The van der Waals surface area contributed by atoms with E-state index >= 15 is 0 Å². The van der Waals surface area contributed by atoms with Crippen molar-refractivity contribution in [2.75, 3.05) is 11.9 Å². The summed E-state index contributed by atoms with van der Waals surface area (Å²) in [5.74, 6) is 0.661. The molecule has 0 spiro atoms. The van der Waals surface area contributed by atoms with E-state index in [1.807, 2.05) is 12.1 Å². The second-order valence-corrected chi connectivity index (χ2v) is 6.07. The number of aromatic nitrogens is 2. The van der Waals surface area contributed by atoms with E-state index in [4.69, 9.17) is 35.4 Å². The zero-order valence-corrected chi connectivity index (χ0v) is 14.7. The maximum Gasteiger partial charge on any atom is 0.171 e. The first-order valence-corrected chi connectivity index (χ1v) is 7.98. The number of hydrogen-bond acceptors (Lipinski definition) is 3. The molecular weight excluding hydrogens is 395 g/mol. The van der Waals surface area contributed by atoms with Gasteiger partial charge >= 0.3 is 0 Å². The maximum atomic E-state index is 6.07. The molecule has 0 aliphatic heterocycles. The Morgan fingerprint density at radius 3 is 2.81 bits per heavy atom. The standard InChI is InChI=1S/C13H11BrCl2N4S/c14-8-2-1-5-18-12(8)20-13(21)19-7-4-10-11(16)9(15)3-6-17-10/h1-3,5-6H,4,7H2,(H2,18,19,20,21). The highest BCUT2D eigenvalue weighted by atomic mass is 79.9. The molecule has 0 atom stereocenters. The predicted molar refractivity (Wildman–Crippen MR) is 94.1 cm³/mol. The summed E-state index contributed by atoms with van der Waals surface area (Å²) in [6.07, 6.45) is 3.93. The molecular formula is C13H11BrCl2N4S. The molecule has 2 aromatic heterocycles. The van der Waals surface area contributed by atoms with Crippen molar-refractivity contribution in [1.82, 2.24) is 15.3 Å². The van der Waals surface area contributed by atoms with Crippen LogP contribution in [0, 0.1) is 0 Å². The van der Waals surface area contributed by atoms with Crippen molar-refractivity contribution in [3.63, 3.8) is 0 Å². The van der Waals surface area contributed by atoms with E-state index < -0.39 is 0 Å². The molecule has 110 valence electrons. The van der Waals surface area contributed by atoms with Crippen LogP contribution in [-0.4, -0.2) is 21.6 Å². The van der Waals surface area contributed by atoms with Gasteiger partial charge in [0.25, 0.3) is 0 Å². The van der Waals surface area contributed by atoms with Crippen LogP contribution in [0.2, 0.25) is 10.0 Å². The molecule has 8 heteroatoms. The molecule has 0 aromatic carbocycles. The molecule has 0 saturated carbocycles. The van der Waals surface area contributed by atoms with Gasteiger partial charge in [0.2, 0.25) is 0 Å². The van der Waals surface area contributed by atoms with E-state index in [2.05, 4.69) is 36.5 Å². The smallest absolute Gasteiger partial charge is 0.171 e. The van der Waals surface area contributed by atoms with Crippen molar-refractivity contribution in [2.45, 2.75) is 6.42 Å². The Hall–Kier alpha value is -0.950. The summed E-state index contributed by atoms with van der Waals surface area (Å²) in [6.45, 7) is 0.587. The predicted octanol–water partition coefficient (Wildman–Crippen LogP) is 4.08. The van der Waals surface area contributed by atoms with E-state index in [1.54, 1.807) is 18.5 Å². The van der Waals surface area contributed by atoms with Gasteiger partial charge in [-0.1, -0.05) is 23.2 Å². The van der Waals surface area contributed by atoms with Gasteiger partial charge in [0.1, 0.15) is 5.82 Å². The molecule has 2 N–H and O–H groups in total. The second-order valence-electron chi connectivity index (χ2n) is 4.02. The topological polar surface area (TPSA) is 49.8 Å². The van der Waals surface area contributed by atoms with Gasteiger partial charge in [-0.05, 0) is 46.3 Å². The third kappa shape index (κ3) is 4.78. The van der Waals surface area contributed by atoms with E-state index in [9.17, 15) is 0 Å². The highest BCUT2D eigenvalue weighted by molar-refractivity contribution is 9.10. The molecule has 0 aliphatic carbocycles. The van der Waals surface area contributed by atoms with Gasteiger partial charge in [-0.25, -0.2) is 4.98 Å². The second kappa shape index (κ2) is 7.89. The molecule has 2 aromatic rings. The summed E-state index contributed by atoms with van der Waals surface area (Å²) in [4.78, 5) is 8.37. The molecule has 0 fully saturated rings.